The van der Waals surface area contributed by atoms with Crippen LogP contribution in [0.5, 0.6) is 5.75 Å². The van der Waals surface area contributed by atoms with Gasteiger partial charge in [-0.25, -0.2) is 0 Å². The molecule has 0 spiro atoms. The first-order chi connectivity index (χ1) is 11.7. The van der Waals surface area contributed by atoms with Crippen molar-refractivity contribution in [2.24, 2.45) is 4.99 Å². The molecule has 3 N–H and O–H groups in total. The number of hydrogen-bond acceptors (Lipinski definition) is 3. The number of nitrogens with zero attached hydrogens (tertiary/aromatic N) is 1. The van der Waals surface area contributed by atoms with Gasteiger partial charge in [0.15, 0.2) is 5.96 Å². The molecule has 6 nitrogen and oxygen atoms in total. The van der Waals surface area contributed by atoms with Gasteiger partial charge in [0.1, 0.15) is 5.75 Å². The Kier molecular flexibility index (Phi) is 10.3. The van der Waals surface area contributed by atoms with E-state index in [2.05, 4.69) is 20.9 Å². The van der Waals surface area contributed by atoms with Gasteiger partial charge in [0.25, 0.3) is 5.91 Å². The molecule has 0 unspecified atom stereocenters. The highest BCUT2D eigenvalue weighted by atomic mass is 127. The van der Waals surface area contributed by atoms with Gasteiger partial charge in [0.05, 0.1) is 7.11 Å². The number of hydrogen-bond donors (Lipinski definition) is 3. The fourth-order valence-corrected chi connectivity index (χ4v) is 2.84. The summed E-state index contributed by atoms with van der Waals surface area (Å²) in [4.78, 5) is 16.3. The molecule has 1 aliphatic rings. The fourth-order valence-electron chi connectivity index (χ4n) is 2.84. The Bertz CT molecular complexity index is 543. The van der Waals surface area contributed by atoms with E-state index in [0.29, 0.717) is 24.7 Å². The van der Waals surface area contributed by atoms with E-state index in [4.69, 9.17) is 4.74 Å². The number of rotatable bonds is 6. The Morgan fingerprint density at radius 2 is 1.76 bits per heavy atom. The molecule has 1 aromatic carbocycles. The van der Waals surface area contributed by atoms with Crippen molar-refractivity contribution in [1.82, 2.24) is 16.0 Å². The van der Waals surface area contributed by atoms with E-state index < -0.39 is 0 Å². The molecular weight excluding hydrogens is 431 g/mol. The summed E-state index contributed by atoms with van der Waals surface area (Å²) in [5.74, 6) is 1.46. The summed E-state index contributed by atoms with van der Waals surface area (Å²) in [6.45, 7) is 1.17. The predicted octanol–water partition coefficient (Wildman–Crippen LogP) is 2.54. The monoisotopic (exact) mass is 460 g/mol. The molecule has 0 radical (unpaired) electrons. The first kappa shape index (κ1) is 21.5. The zero-order valence-electron chi connectivity index (χ0n) is 15.0. The van der Waals surface area contributed by atoms with Crippen molar-refractivity contribution in [3.05, 3.63) is 29.8 Å². The van der Waals surface area contributed by atoms with Crippen LogP contribution in [0.1, 0.15) is 42.5 Å². The Morgan fingerprint density at radius 3 is 2.36 bits per heavy atom. The number of carbonyl (C=O) groups excluding carboxylic acids is 1. The molecule has 1 saturated carbocycles. The maximum atomic E-state index is 12.0. The molecule has 140 valence electrons. The van der Waals surface area contributed by atoms with Gasteiger partial charge >= 0.3 is 0 Å². The number of nitrogens with one attached hydrogen (secondary N) is 3. The zero-order valence-corrected chi connectivity index (χ0v) is 17.3. The molecule has 0 aliphatic heterocycles. The van der Waals surface area contributed by atoms with Crippen LogP contribution < -0.4 is 20.7 Å². The van der Waals surface area contributed by atoms with Crippen LogP contribution in [-0.2, 0) is 0 Å². The van der Waals surface area contributed by atoms with E-state index in [9.17, 15) is 4.79 Å². The predicted molar refractivity (Wildman–Crippen MR) is 112 cm³/mol. The van der Waals surface area contributed by atoms with E-state index in [-0.39, 0.29) is 29.9 Å². The lowest BCUT2D eigenvalue weighted by molar-refractivity contribution is 0.0954. The largest absolute Gasteiger partial charge is 0.497 e. The first-order valence-electron chi connectivity index (χ1n) is 8.62. The van der Waals surface area contributed by atoms with Crippen molar-refractivity contribution in [1.29, 1.82) is 0 Å². The standard InChI is InChI=1S/C18H28N4O2.HI/c1-19-18(22-15-6-4-3-5-7-15)21-13-12-20-17(23)14-8-10-16(24-2)11-9-14;/h8-11,15H,3-7,12-13H2,1-2H3,(H,20,23)(H2,19,21,22);1H. The van der Waals surface area contributed by atoms with Gasteiger partial charge < -0.3 is 20.7 Å². The summed E-state index contributed by atoms with van der Waals surface area (Å²) in [6.07, 6.45) is 6.31. The van der Waals surface area contributed by atoms with Crippen LogP contribution in [-0.4, -0.2) is 45.2 Å². The van der Waals surface area contributed by atoms with Gasteiger partial charge in [0, 0.05) is 31.7 Å². The maximum absolute atomic E-state index is 12.0. The lowest BCUT2D eigenvalue weighted by Gasteiger charge is -2.24. The highest BCUT2D eigenvalue weighted by molar-refractivity contribution is 14.0. The van der Waals surface area contributed by atoms with E-state index in [0.717, 1.165) is 11.7 Å². The van der Waals surface area contributed by atoms with Crippen molar-refractivity contribution in [3.63, 3.8) is 0 Å². The zero-order chi connectivity index (χ0) is 17.2. The second-order valence-corrected chi connectivity index (χ2v) is 5.96. The number of methoxy groups -OCH3 is 1. The van der Waals surface area contributed by atoms with Gasteiger partial charge in [-0.3, -0.25) is 9.79 Å². The number of halogens is 1. The summed E-state index contributed by atoms with van der Waals surface area (Å²) in [7, 11) is 3.38. The molecule has 7 heteroatoms. The Labute approximate surface area is 167 Å². The molecule has 0 heterocycles. The van der Waals surface area contributed by atoms with Crippen molar-refractivity contribution >= 4 is 35.8 Å². The average Bonchev–Trinajstić information content (AvgIpc) is 2.65. The number of guanidine groups is 1. The molecule has 1 aliphatic carbocycles. The SMILES string of the molecule is CN=C(NCCNC(=O)c1ccc(OC)cc1)NC1CCCCC1.I. The third kappa shape index (κ3) is 7.50. The van der Waals surface area contributed by atoms with Gasteiger partial charge in [-0.05, 0) is 37.1 Å². The average molecular weight is 460 g/mol. The molecule has 0 saturated heterocycles. The molecule has 1 aromatic rings. The second kappa shape index (κ2) is 11.9. The molecule has 0 aromatic heterocycles. The summed E-state index contributed by atoms with van der Waals surface area (Å²) >= 11 is 0. The molecular formula is C18H29IN4O2. The van der Waals surface area contributed by atoms with E-state index in [1.165, 1.54) is 32.1 Å². The van der Waals surface area contributed by atoms with Crippen LogP contribution in [0.15, 0.2) is 29.3 Å². The molecule has 1 amide bonds. The first-order valence-corrected chi connectivity index (χ1v) is 8.62. The Morgan fingerprint density at radius 1 is 1.12 bits per heavy atom. The van der Waals surface area contributed by atoms with Gasteiger partial charge in [0.2, 0.25) is 0 Å². The molecule has 25 heavy (non-hydrogen) atoms. The molecule has 0 atom stereocenters. The van der Waals surface area contributed by atoms with Crippen molar-refractivity contribution in [3.8, 4) is 5.75 Å². The highest BCUT2D eigenvalue weighted by Gasteiger charge is 2.14. The van der Waals surface area contributed by atoms with Gasteiger partial charge in [-0.1, -0.05) is 19.3 Å². The van der Waals surface area contributed by atoms with E-state index >= 15 is 0 Å². The summed E-state index contributed by atoms with van der Waals surface area (Å²) in [5.41, 5.74) is 0.625. The summed E-state index contributed by atoms with van der Waals surface area (Å²) in [5, 5.41) is 9.59. The number of amides is 1. The lowest BCUT2D eigenvalue weighted by atomic mass is 9.96. The van der Waals surface area contributed by atoms with Crippen LogP contribution in [0.3, 0.4) is 0 Å². The summed E-state index contributed by atoms with van der Waals surface area (Å²) in [6, 6.07) is 7.58. The van der Waals surface area contributed by atoms with Gasteiger partial charge in [-0.2, -0.15) is 0 Å². The van der Waals surface area contributed by atoms with Crippen molar-refractivity contribution in [2.75, 3.05) is 27.2 Å². The number of benzene rings is 1. The van der Waals surface area contributed by atoms with Crippen LogP contribution in [0.4, 0.5) is 0 Å². The molecule has 2 rings (SSSR count). The lowest BCUT2D eigenvalue weighted by Crippen LogP contribution is -2.46. The van der Waals surface area contributed by atoms with E-state index in [1.807, 2.05) is 0 Å². The molecule has 1 fully saturated rings. The van der Waals surface area contributed by atoms with Crippen LogP contribution in [0.2, 0.25) is 0 Å². The van der Waals surface area contributed by atoms with Crippen LogP contribution >= 0.6 is 24.0 Å². The Hall–Kier alpha value is -1.51. The number of ether oxygens (including phenoxy) is 1. The third-order valence-corrected chi connectivity index (χ3v) is 4.22. The quantitative estimate of drug-likeness (QED) is 0.264. The minimum Gasteiger partial charge on any atom is -0.497 e. The third-order valence-electron chi connectivity index (χ3n) is 4.22. The summed E-state index contributed by atoms with van der Waals surface area (Å²) < 4.78 is 5.09. The minimum absolute atomic E-state index is 0. The number of aliphatic imine (C=N–C) groups is 1. The fraction of sp³-hybridized carbons (Fsp3) is 0.556. The maximum Gasteiger partial charge on any atom is 0.251 e. The number of carbonyl (C=O) groups is 1. The normalized spacial score (nSPS) is 15.0. The Balaban J connectivity index is 0.00000312. The topological polar surface area (TPSA) is 74.8 Å². The van der Waals surface area contributed by atoms with Crippen LogP contribution in [0, 0.1) is 0 Å². The van der Waals surface area contributed by atoms with E-state index in [1.54, 1.807) is 38.4 Å². The minimum atomic E-state index is -0.0883. The van der Waals surface area contributed by atoms with Crippen LogP contribution in [0.25, 0.3) is 0 Å². The molecule has 0 bridgehead atoms. The van der Waals surface area contributed by atoms with Crippen molar-refractivity contribution < 1.29 is 9.53 Å². The van der Waals surface area contributed by atoms with Gasteiger partial charge in [-0.15, -0.1) is 24.0 Å². The highest BCUT2D eigenvalue weighted by Crippen LogP contribution is 2.17. The smallest absolute Gasteiger partial charge is 0.251 e. The van der Waals surface area contributed by atoms with Crippen molar-refractivity contribution in [2.45, 2.75) is 38.1 Å². The second-order valence-electron chi connectivity index (χ2n) is 5.96.